The van der Waals surface area contributed by atoms with Crippen molar-refractivity contribution in [2.45, 2.75) is 57.8 Å². The largest absolute Gasteiger partial charge is 0.0619 e. The van der Waals surface area contributed by atoms with Crippen molar-refractivity contribution in [1.29, 1.82) is 0 Å². The van der Waals surface area contributed by atoms with Crippen molar-refractivity contribution in [2.75, 3.05) is 0 Å². The summed E-state index contributed by atoms with van der Waals surface area (Å²) in [5.41, 5.74) is 23.9. The SMILES string of the molecule is CC1(C)c2ccccc2-c2ccc(-c3c4ccccc4c(-c4ccc5c(c4)C(C)(C)c4ccccc4-5)c4cc(-c5ccc6c(c5)-c5ccc7ccccc7c5C6(C)C)ccc34)cc21. The van der Waals surface area contributed by atoms with Crippen LogP contribution in [-0.4, -0.2) is 0 Å². The van der Waals surface area contributed by atoms with E-state index in [0.717, 1.165) is 0 Å². The van der Waals surface area contributed by atoms with Crippen LogP contribution in [-0.2, 0) is 16.2 Å². The summed E-state index contributed by atoms with van der Waals surface area (Å²) in [6.45, 7) is 14.4. The Hall–Kier alpha value is -7.02. The summed E-state index contributed by atoms with van der Waals surface area (Å²) >= 11 is 0. The molecule has 0 saturated carbocycles. The van der Waals surface area contributed by atoms with Crippen LogP contribution in [0.4, 0.5) is 0 Å². The molecule has 0 N–H and O–H groups in total. The van der Waals surface area contributed by atoms with E-state index in [2.05, 4.69) is 224 Å². The van der Waals surface area contributed by atoms with E-state index in [-0.39, 0.29) is 16.2 Å². The lowest BCUT2D eigenvalue weighted by Crippen LogP contribution is -2.15. The van der Waals surface area contributed by atoms with Gasteiger partial charge in [0.25, 0.3) is 0 Å². The first kappa shape index (κ1) is 36.6. The molecule has 63 heavy (non-hydrogen) atoms. The van der Waals surface area contributed by atoms with E-state index in [0.29, 0.717) is 0 Å². The van der Waals surface area contributed by atoms with Gasteiger partial charge in [0.1, 0.15) is 0 Å². The van der Waals surface area contributed by atoms with E-state index >= 15 is 0 Å². The molecule has 13 rings (SSSR count). The zero-order valence-corrected chi connectivity index (χ0v) is 36.8. The Balaban J connectivity index is 1.07. The zero-order valence-electron chi connectivity index (χ0n) is 36.8. The maximum atomic E-state index is 2.51. The molecular weight excluding hydrogens is 757 g/mol. The molecule has 0 spiro atoms. The molecule has 0 amide bonds. The average Bonchev–Trinajstić information content (AvgIpc) is 3.79. The maximum Gasteiger partial charge on any atom is 0.0165 e. The van der Waals surface area contributed by atoms with E-state index < -0.39 is 0 Å². The molecule has 3 aliphatic carbocycles. The van der Waals surface area contributed by atoms with Gasteiger partial charge in [0.05, 0.1) is 0 Å². The van der Waals surface area contributed by atoms with Crippen molar-refractivity contribution < 1.29 is 0 Å². The molecular formula is C63H48. The van der Waals surface area contributed by atoms with Crippen molar-refractivity contribution in [3.8, 4) is 66.8 Å². The Morgan fingerprint density at radius 1 is 0.254 bits per heavy atom. The summed E-state index contributed by atoms with van der Waals surface area (Å²) in [6.07, 6.45) is 0. The Morgan fingerprint density at radius 2 is 0.698 bits per heavy atom. The number of fused-ring (bicyclic) bond motifs is 13. The highest BCUT2D eigenvalue weighted by Crippen LogP contribution is 2.55. The van der Waals surface area contributed by atoms with Gasteiger partial charge in [-0.25, -0.2) is 0 Å². The lowest BCUT2D eigenvalue weighted by molar-refractivity contribution is 0.660. The standard InChI is InChI=1S/C63H48/c1-61(2)53-21-13-11-17-43(53)45-28-25-40(35-56(45)61)58-47-19-9-10-20-48(47)59(41-26-29-46-44-18-12-14-22-54(44)62(3,4)57(46)36-41)52-34-38(24-30-49(52)58)39-27-32-55-51(33-39)50-31-23-37-15-7-8-16-42(37)60(50)63(55,5)6/h7-36H,1-6H3. The molecule has 0 bridgehead atoms. The van der Waals surface area contributed by atoms with Crippen molar-refractivity contribution >= 4 is 32.3 Å². The fourth-order valence-electron chi connectivity index (χ4n) is 12.5. The molecule has 0 heterocycles. The van der Waals surface area contributed by atoms with Gasteiger partial charge in [-0.3, -0.25) is 0 Å². The molecule has 0 fully saturated rings. The van der Waals surface area contributed by atoms with Crippen LogP contribution in [0.25, 0.3) is 99.1 Å². The normalized spacial score (nSPS) is 15.5. The lowest BCUT2D eigenvalue weighted by atomic mass is 9.79. The van der Waals surface area contributed by atoms with Crippen LogP contribution >= 0.6 is 0 Å². The maximum absolute atomic E-state index is 2.51. The smallest absolute Gasteiger partial charge is 0.0165 e. The monoisotopic (exact) mass is 804 g/mol. The molecule has 0 nitrogen and oxygen atoms in total. The summed E-state index contributed by atoms with van der Waals surface area (Å²) in [7, 11) is 0. The summed E-state index contributed by atoms with van der Waals surface area (Å²) in [5, 5.41) is 7.79. The van der Waals surface area contributed by atoms with Crippen LogP contribution in [0.3, 0.4) is 0 Å². The fourth-order valence-corrected chi connectivity index (χ4v) is 12.5. The first-order chi connectivity index (χ1) is 30.5. The first-order valence-corrected chi connectivity index (χ1v) is 22.7. The van der Waals surface area contributed by atoms with E-state index in [1.54, 1.807) is 0 Å². The third kappa shape index (κ3) is 4.87. The van der Waals surface area contributed by atoms with E-state index in [4.69, 9.17) is 0 Å². The first-order valence-electron chi connectivity index (χ1n) is 22.7. The van der Waals surface area contributed by atoms with Gasteiger partial charge in [-0.1, -0.05) is 199 Å². The topological polar surface area (TPSA) is 0 Å². The van der Waals surface area contributed by atoms with Gasteiger partial charge in [-0.2, -0.15) is 0 Å². The molecule has 0 atom stereocenters. The highest BCUT2D eigenvalue weighted by molar-refractivity contribution is 6.22. The van der Waals surface area contributed by atoms with Crippen molar-refractivity contribution in [1.82, 2.24) is 0 Å². The second kappa shape index (κ2) is 12.6. The molecule has 0 aliphatic heterocycles. The van der Waals surface area contributed by atoms with E-state index in [9.17, 15) is 0 Å². The van der Waals surface area contributed by atoms with E-state index in [1.807, 2.05) is 0 Å². The van der Waals surface area contributed by atoms with Gasteiger partial charge >= 0.3 is 0 Å². The minimum absolute atomic E-state index is 0.0948. The minimum atomic E-state index is -0.104. The van der Waals surface area contributed by atoms with Gasteiger partial charge in [0.15, 0.2) is 0 Å². The fraction of sp³-hybridized carbons (Fsp3) is 0.143. The average molecular weight is 805 g/mol. The van der Waals surface area contributed by atoms with Crippen LogP contribution in [0.2, 0.25) is 0 Å². The van der Waals surface area contributed by atoms with Gasteiger partial charge in [-0.05, 0) is 157 Å². The Labute approximate surface area is 370 Å². The van der Waals surface area contributed by atoms with Gasteiger partial charge in [0, 0.05) is 16.2 Å². The van der Waals surface area contributed by atoms with Gasteiger partial charge in [-0.15, -0.1) is 0 Å². The summed E-state index contributed by atoms with van der Waals surface area (Å²) < 4.78 is 0. The summed E-state index contributed by atoms with van der Waals surface area (Å²) in [6, 6.07) is 69.7. The number of hydrogen-bond acceptors (Lipinski definition) is 0. The molecule has 0 heteroatoms. The molecule has 0 saturated heterocycles. The number of hydrogen-bond donors (Lipinski definition) is 0. The minimum Gasteiger partial charge on any atom is -0.0619 e. The molecule has 3 aliphatic rings. The second-order valence-corrected chi connectivity index (χ2v) is 20.0. The predicted molar refractivity (Wildman–Crippen MR) is 268 cm³/mol. The third-order valence-electron chi connectivity index (χ3n) is 15.6. The molecule has 0 unspecified atom stereocenters. The second-order valence-electron chi connectivity index (χ2n) is 20.0. The Morgan fingerprint density at radius 3 is 1.33 bits per heavy atom. The molecule has 0 radical (unpaired) electrons. The Bertz CT molecular complexity index is 3640. The van der Waals surface area contributed by atoms with Crippen LogP contribution in [0, 0.1) is 0 Å². The van der Waals surface area contributed by atoms with Crippen molar-refractivity contribution in [3.63, 3.8) is 0 Å². The van der Waals surface area contributed by atoms with Gasteiger partial charge in [0.2, 0.25) is 0 Å². The highest BCUT2D eigenvalue weighted by atomic mass is 14.4. The molecule has 10 aromatic rings. The lowest BCUT2D eigenvalue weighted by Gasteiger charge is -2.24. The van der Waals surface area contributed by atoms with Crippen LogP contribution in [0.15, 0.2) is 182 Å². The zero-order chi connectivity index (χ0) is 42.6. The third-order valence-corrected chi connectivity index (χ3v) is 15.6. The molecule has 10 aromatic carbocycles. The van der Waals surface area contributed by atoms with Crippen LogP contribution in [0.1, 0.15) is 74.9 Å². The van der Waals surface area contributed by atoms with Crippen molar-refractivity contribution in [2.24, 2.45) is 0 Å². The Kier molecular flexibility index (Phi) is 7.29. The summed E-state index contributed by atoms with van der Waals surface area (Å²) in [4.78, 5) is 0. The van der Waals surface area contributed by atoms with Gasteiger partial charge < -0.3 is 0 Å². The molecule has 0 aromatic heterocycles. The molecule has 300 valence electrons. The highest BCUT2D eigenvalue weighted by Gasteiger charge is 2.39. The van der Waals surface area contributed by atoms with Crippen molar-refractivity contribution in [3.05, 3.63) is 215 Å². The predicted octanol–water partition coefficient (Wildman–Crippen LogP) is 17.1. The number of benzene rings is 10. The number of rotatable bonds is 3. The van der Waals surface area contributed by atoms with Crippen LogP contribution in [0.5, 0.6) is 0 Å². The quantitative estimate of drug-likeness (QED) is 0.156. The van der Waals surface area contributed by atoms with Crippen LogP contribution < -0.4 is 0 Å². The van der Waals surface area contributed by atoms with E-state index in [1.165, 1.54) is 132 Å². The summed E-state index contributed by atoms with van der Waals surface area (Å²) in [5.74, 6) is 0.